The van der Waals surface area contributed by atoms with Gasteiger partial charge in [0.15, 0.2) is 0 Å². The van der Waals surface area contributed by atoms with Crippen LogP contribution in [0.2, 0.25) is 0 Å². The minimum atomic E-state index is -0.416. The number of amides is 4. The van der Waals surface area contributed by atoms with E-state index in [0.717, 1.165) is 32.6 Å². The molecule has 0 radical (unpaired) electrons. The van der Waals surface area contributed by atoms with Crippen molar-refractivity contribution in [3.8, 4) is 0 Å². The summed E-state index contributed by atoms with van der Waals surface area (Å²) in [6.07, 6.45) is 1.80. The maximum Gasteiger partial charge on any atom is 0.324 e. The van der Waals surface area contributed by atoms with Gasteiger partial charge in [-0.1, -0.05) is 12.1 Å². The van der Waals surface area contributed by atoms with Gasteiger partial charge in [0.1, 0.15) is 5.58 Å². The van der Waals surface area contributed by atoms with Crippen LogP contribution < -0.4 is 10.6 Å². The van der Waals surface area contributed by atoms with Crippen LogP contribution in [0.25, 0.3) is 11.0 Å². The number of urea groups is 1. The number of hydrogen-bond donors (Lipinski definition) is 2. The van der Waals surface area contributed by atoms with Gasteiger partial charge in [-0.05, 0) is 25.0 Å². The third-order valence-electron chi connectivity index (χ3n) is 4.29. The molecule has 3 rings (SSSR count). The number of hydrogen-bond acceptors (Lipinski definition) is 4. The molecule has 24 heavy (non-hydrogen) atoms. The minimum Gasteiger partial charge on any atom is -0.464 e. The third-order valence-corrected chi connectivity index (χ3v) is 4.29. The summed E-state index contributed by atoms with van der Waals surface area (Å²) in [6.45, 7) is 4.42. The highest BCUT2D eigenvalue weighted by Crippen LogP contribution is 2.26. The van der Waals surface area contributed by atoms with Crippen molar-refractivity contribution in [1.82, 2.24) is 15.5 Å². The molecule has 1 saturated heterocycles. The van der Waals surface area contributed by atoms with Crippen LogP contribution in [-0.2, 0) is 16.0 Å². The lowest BCUT2D eigenvalue weighted by Crippen LogP contribution is -2.39. The van der Waals surface area contributed by atoms with Gasteiger partial charge in [0.25, 0.3) is 0 Å². The Balaban J connectivity index is 1.58. The van der Waals surface area contributed by atoms with Crippen molar-refractivity contribution >= 4 is 28.8 Å². The van der Waals surface area contributed by atoms with Gasteiger partial charge in [0.05, 0.1) is 19.2 Å². The normalized spacial score (nSPS) is 14.3. The second kappa shape index (κ2) is 6.35. The Bertz CT molecular complexity index is 809. The predicted molar refractivity (Wildman–Crippen MR) is 87.5 cm³/mol. The van der Waals surface area contributed by atoms with Crippen LogP contribution in [0.15, 0.2) is 22.8 Å². The van der Waals surface area contributed by atoms with Crippen LogP contribution in [0.1, 0.15) is 16.7 Å². The molecule has 0 unspecified atom stereocenters. The molecule has 1 aliphatic heterocycles. The Labute approximate surface area is 139 Å². The van der Waals surface area contributed by atoms with Crippen LogP contribution >= 0.6 is 0 Å². The Kier molecular flexibility index (Phi) is 4.24. The number of carbonyl (C=O) groups excluding carboxylic acids is 3. The summed E-state index contributed by atoms with van der Waals surface area (Å²) >= 11 is 0. The zero-order chi connectivity index (χ0) is 17.3. The fourth-order valence-electron chi connectivity index (χ4n) is 2.75. The molecule has 0 saturated carbocycles. The molecule has 0 aliphatic carbocycles. The van der Waals surface area contributed by atoms with Gasteiger partial charge in [0, 0.05) is 24.0 Å². The number of rotatable bonds is 5. The zero-order valence-electron chi connectivity index (χ0n) is 13.6. The molecule has 7 heteroatoms. The Hall–Kier alpha value is -2.83. The SMILES string of the molecule is Cc1ccc2c(CC(=O)NCCN3C(=O)CNC3=O)coc2c1C. The van der Waals surface area contributed by atoms with Gasteiger partial charge in [-0.2, -0.15) is 0 Å². The first-order chi connectivity index (χ1) is 11.5. The highest BCUT2D eigenvalue weighted by atomic mass is 16.3. The van der Waals surface area contributed by atoms with E-state index in [1.165, 1.54) is 0 Å². The van der Waals surface area contributed by atoms with E-state index in [4.69, 9.17) is 4.42 Å². The van der Waals surface area contributed by atoms with Gasteiger partial charge in [0.2, 0.25) is 11.8 Å². The summed E-state index contributed by atoms with van der Waals surface area (Å²) in [4.78, 5) is 36.0. The first kappa shape index (κ1) is 16.0. The molecule has 0 bridgehead atoms. The average Bonchev–Trinajstić information content (AvgIpc) is 3.09. The number of imide groups is 1. The summed E-state index contributed by atoms with van der Waals surface area (Å²) in [7, 11) is 0. The molecule has 4 amide bonds. The van der Waals surface area contributed by atoms with E-state index in [1.54, 1.807) is 6.26 Å². The molecular formula is C17H19N3O4. The molecule has 2 heterocycles. The quantitative estimate of drug-likeness (QED) is 0.808. The van der Waals surface area contributed by atoms with Gasteiger partial charge >= 0.3 is 6.03 Å². The van der Waals surface area contributed by atoms with Crippen LogP contribution in [-0.4, -0.2) is 42.4 Å². The summed E-state index contributed by atoms with van der Waals surface area (Å²) < 4.78 is 5.59. The van der Waals surface area contributed by atoms with E-state index < -0.39 is 6.03 Å². The highest BCUT2D eigenvalue weighted by Gasteiger charge is 2.27. The molecule has 1 aliphatic rings. The summed E-state index contributed by atoms with van der Waals surface area (Å²) in [5.41, 5.74) is 3.83. The van der Waals surface area contributed by atoms with Crippen LogP contribution in [0.3, 0.4) is 0 Å². The van der Waals surface area contributed by atoms with Gasteiger partial charge in [-0.25, -0.2) is 4.79 Å². The molecule has 2 N–H and O–H groups in total. The monoisotopic (exact) mass is 329 g/mol. The highest BCUT2D eigenvalue weighted by molar-refractivity contribution is 6.02. The van der Waals surface area contributed by atoms with E-state index in [2.05, 4.69) is 10.6 Å². The van der Waals surface area contributed by atoms with E-state index in [0.29, 0.717) is 0 Å². The summed E-state index contributed by atoms with van der Waals surface area (Å²) in [6, 6.07) is 3.55. The van der Waals surface area contributed by atoms with E-state index >= 15 is 0 Å². The van der Waals surface area contributed by atoms with Crippen LogP contribution in [0.4, 0.5) is 4.79 Å². The van der Waals surface area contributed by atoms with E-state index in [1.807, 2.05) is 26.0 Å². The first-order valence-electron chi connectivity index (χ1n) is 7.78. The summed E-state index contributed by atoms with van der Waals surface area (Å²) in [5.74, 6) is -0.455. The van der Waals surface area contributed by atoms with Crippen molar-refractivity contribution in [2.45, 2.75) is 20.3 Å². The van der Waals surface area contributed by atoms with Crippen molar-refractivity contribution in [2.75, 3.05) is 19.6 Å². The number of furan rings is 1. The number of nitrogens with one attached hydrogen (secondary N) is 2. The molecule has 7 nitrogen and oxygen atoms in total. The molecular weight excluding hydrogens is 310 g/mol. The topological polar surface area (TPSA) is 91.7 Å². The Morgan fingerprint density at radius 1 is 1.33 bits per heavy atom. The second-order valence-electron chi connectivity index (χ2n) is 5.88. The number of carbonyl (C=O) groups is 3. The third kappa shape index (κ3) is 2.97. The zero-order valence-corrected chi connectivity index (χ0v) is 13.6. The molecule has 1 aromatic carbocycles. The number of nitrogens with zero attached hydrogens (tertiary/aromatic N) is 1. The molecule has 1 fully saturated rings. The smallest absolute Gasteiger partial charge is 0.324 e. The van der Waals surface area contributed by atoms with Crippen molar-refractivity contribution in [2.24, 2.45) is 0 Å². The molecule has 2 aromatic rings. The van der Waals surface area contributed by atoms with Gasteiger partial charge < -0.3 is 15.1 Å². The van der Waals surface area contributed by atoms with Gasteiger partial charge in [-0.15, -0.1) is 0 Å². The largest absolute Gasteiger partial charge is 0.464 e. The fraction of sp³-hybridized carbons (Fsp3) is 0.353. The van der Waals surface area contributed by atoms with E-state index in [9.17, 15) is 14.4 Å². The average molecular weight is 329 g/mol. The van der Waals surface area contributed by atoms with Crippen LogP contribution in [0.5, 0.6) is 0 Å². The lowest BCUT2D eigenvalue weighted by molar-refractivity contribution is -0.125. The molecule has 0 spiro atoms. The minimum absolute atomic E-state index is 0.0204. The summed E-state index contributed by atoms with van der Waals surface area (Å²) in [5, 5.41) is 6.09. The number of aryl methyl sites for hydroxylation is 2. The van der Waals surface area contributed by atoms with Crippen molar-refractivity contribution in [1.29, 1.82) is 0 Å². The van der Waals surface area contributed by atoms with Crippen molar-refractivity contribution < 1.29 is 18.8 Å². The Morgan fingerprint density at radius 2 is 2.12 bits per heavy atom. The van der Waals surface area contributed by atoms with Crippen molar-refractivity contribution in [3.63, 3.8) is 0 Å². The lowest BCUT2D eigenvalue weighted by atomic mass is 10.0. The fourth-order valence-corrected chi connectivity index (χ4v) is 2.75. The first-order valence-corrected chi connectivity index (χ1v) is 7.78. The molecule has 1 aromatic heterocycles. The van der Waals surface area contributed by atoms with Crippen molar-refractivity contribution in [3.05, 3.63) is 35.1 Å². The maximum absolute atomic E-state index is 12.1. The lowest BCUT2D eigenvalue weighted by Gasteiger charge is -2.12. The van der Waals surface area contributed by atoms with E-state index in [-0.39, 0.29) is 37.9 Å². The standard InChI is InChI=1S/C17H19N3O4/c1-10-3-4-13-12(9-24-16(13)11(10)2)7-14(21)18-5-6-20-15(22)8-19-17(20)23/h3-4,9H,5-8H2,1-2H3,(H,18,21)(H,19,23). The molecule has 0 atom stereocenters. The molecule has 126 valence electrons. The van der Waals surface area contributed by atoms with Gasteiger partial charge in [-0.3, -0.25) is 14.5 Å². The Morgan fingerprint density at radius 3 is 2.83 bits per heavy atom. The maximum atomic E-state index is 12.1. The van der Waals surface area contributed by atoms with Crippen LogP contribution in [0, 0.1) is 13.8 Å². The number of benzene rings is 1. The predicted octanol–water partition coefficient (Wildman–Crippen LogP) is 1.26. The second-order valence-corrected chi connectivity index (χ2v) is 5.88. The number of fused-ring (bicyclic) bond motifs is 1.